The molecule has 0 aromatic carbocycles. The van der Waals surface area contributed by atoms with Crippen LogP contribution in [0.25, 0.3) is 0 Å². The summed E-state index contributed by atoms with van der Waals surface area (Å²) < 4.78 is 4.92. The van der Waals surface area contributed by atoms with Gasteiger partial charge in [-0.1, -0.05) is 6.92 Å². The molecule has 1 fully saturated rings. The molecule has 0 bridgehead atoms. The van der Waals surface area contributed by atoms with Crippen molar-refractivity contribution < 1.29 is 9.53 Å². The van der Waals surface area contributed by atoms with Gasteiger partial charge in [0, 0.05) is 0 Å². The molecule has 12 heavy (non-hydrogen) atoms. The number of hydrogen-bond donors (Lipinski definition) is 1. The zero-order valence-corrected chi connectivity index (χ0v) is 7.80. The van der Waals surface area contributed by atoms with Gasteiger partial charge in [-0.3, -0.25) is 4.79 Å². The van der Waals surface area contributed by atoms with Gasteiger partial charge in [0.1, 0.15) is 6.04 Å². The molecule has 1 rings (SSSR count). The van der Waals surface area contributed by atoms with Crippen LogP contribution in [0.5, 0.6) is 0 Å². The fourth-order valence-electron chi connectivity index (χ4n) is 1.44. The van der Waals surface area contributed by atoms with E-state index in [4.69, 9.17) is 4.74 Å². The molecule has 0 saturated carbocycles. The maximum atomic E-state index is 11.2. The lowest BCUT2D eigenvalue weighted by Gasteiger charge is -2.25. The molecule has 0 aromatic heterocycles. The number of esters is 1. The van der Waals surface area contributed by atoms with Crippen molar-refractivity contribution in [2.24, 2.45) is 5.92 Å². The van der Waals surface area contributed by atoms with Gasteiger partial charge in [0.15, 0.2) is 0 Å². The van der Waals surface area contributed by atoms with Crippen LogP contribution in [0.4, 0.5) is 0 Å². The van der Waals surface area contributed by atoms with Crippen LogP contribution in [0, 0.1) is 5.92 Å². The minimum atomic E-state index is -0.0931. The summed E-state index contributed by atoms with van der Waals surface area (Å²) in [7, 11) is 0. The Morgan fingerprint density at radius 3 is 2.83 bits per heavy atom. The zero-order chi connectivity index (χ0) is 8.97. The van der Waals surface area contributed by atoms with Gasteiger partial charge in [0.2, 0.25) is 0 Å². The first-order valence-electron chi connectivity index (χ1n) is 4.64. The summed E-state index contributed by atoms with van der Waals surface area (Å²) in [6.45, 7) is 5.44. The van der Waals surface area contributed by atoms with Crippen LogP contribution in [0.2, 0.25) is 0 Å². The molecule has 0 aliphatic carbocycles. The quantitative estimate of drug-likeness (QED) is 0.628. The molecule has 0 radical (unpaired) electrons. The highest BCUT2D eigenvalue weighted by atomic mass is 16.5. The predicted molar refractivity (Wildman–Crippen MR) is 46.8 cm³/mol. The number of ether oxygens (including phenoxy) is 1. The Hall–Kier alpha value is -0.570. The van der Waals surface area contributed by atoms with E-state index in [0.717, 1.165) is 19.4 Å². The number of carbonyl (C=O) groups is 1. The third-order valence-electron chi connectivity index (χ3n) is 2.23. The third kappa shape index (κ3) is 2.48. The van der Waals surface area contributed by atoms with E-state index in [-0.39, 0.29) is 12.0 Å². The van der Waals surface area contributed by atoms with Gasteiger partial charge in [-0.25, -0.2) is 0 Å². The molecular formula is C9H17NO2. The van der Waals surface area contributed by atoms with Crippen molar-refractivity contribution in [1.29, 1.82) is 0 Å². The highest BCUT2D eigenvalue weighted by molar-refractivity contribution is 5.75. The first-order valence-corrected chi connectivity index (χ1v) is 4.64. The van der Waals surface area contributed by atoms with Crippen molar-refractivity contribution in [1.82, 2.24) is 5.32 Å². The van der Waals surface area contributed by atoms with Gasteiger partial charge in [0.25, 0.3) is 0 Å². The highest BCUT2D eigenvalue weighted by Gasteiger charge is 2.24. The second-order valence-corrected chi connectivity index (χ2v) is 3.40. The molecule has 2 atom stereocenters. The molecular weight excluding hydrogens is 154 g/mol. The van der Waals surface area contributed by atoms with Crippen molar-refractivity contribution >= 4 is 5.97 Å². The number of piperidine rings is 1. The molecule has 3 nitrogen and oxygen atoms in total. The van der Waals surface area contributed by atoms with Gasteiger partial charge in [-0.05, 0) is 32.2 Å². The Labute approximate surface area is 73.5 Å². The molecule has 3 heteroatoms. The standard InChI is InChI=1S/C9H17NO2/c1-3-12-9(11)8-5-4-7(2)6-10-8/h7-8,10H,3-6H2,1-2H3/t7-,8-/m0/s1. The highest BCUT2D eigenvalue weighted by Crippen LogP contribution is 2.13. The summed E-state index contributed by atoms with van der Waals surface area (Å²) in [4.78, 5) is 11.2. The van der Waals surface area contributed by atoms with Gasteiger partial charge in [-0.15, -0.1) is 0 Å². The maximum absolute atomic E-state index is 11.2. The van der Waals surface area contributed by atoms with E-state index in [2.05, 4.69) is 12.2 Å². The smallest absolute Gasteiger partial charge is 0.323 e. The van der Waals surface area contributed by atoms with Crippen molar-refractivity contribution in [3.05, 3.63) is 0 Å². The van der Waals surface area contributed by atoms with E-state index in [1.165, 1.54) is 0 Å². The molecule has 0 amide bonds. The third-order valence-corrected chi connectivity index (χ3v) is 2.23. The van der Waals surface area contributed by atoms with Crippen molar-refractivity contribution in [3.63, 3.8) is 0 Å². The first kappa shape index (κ1) is 9.52. The lowest BCUT2D eigenvalue weighted by Crippen LogP contribution is -2.44. The lowest BCUT2D eigenvalue weighted by atomic mass is 9.96. The van der Waals surface area contributed by atoms with Gasteiger partial charge in [-0.2, -0.15) is 0 Å². The fourth-order valence-corrected chi connectivity index (χ4v) is 1.44. The second-order valence-electron chi connectivity index (χ2n) is 3.40. The normalized spacial score (nSPS) is 29.8. The molecule has 0 unspecified atom stereocenters. The SMILES string of the molecule is CCOC(=O)[C@@H]1CC[C@H](C)CN1. The molecule has 1 aliphatic rings. The Morgan fingerprint density at radius 1 is 1.58 bits per heavy atom. The Morgan fingerprint density at radius 2 is 2.33 bits per heavy atom. The predicted octanol–water partition coefficient (Wildman–Crippen LogP) is 0.938. The monoisotopic (exact) mass is 171 g/mol. The summed E-state index contributed by atoms with van der Waals surface area (Å²) in [5.41, 5.74) is 0. The molecule has 1 aliphatic heterocycles. The Bertz CT molecular complexity index is 151. The molecule has 1 saturated heterocycles. The maximum Gasteiger partial charge on any atom is 0.323 e. The summed E-state index contributed by atoms with van der Waals surface area (Å²) in [6.07, 6.45) is 2.04. The van der Waals surface area contributed by atoms with E-state index in [1.807, 2.05) is 6.92 Å². The molecule has 0 aromatic rings. The van der Waals surface area contributed by atoms with Crippen LogP contribution in [0.1, 0.15) is 26.7 Å². The van der Waals surface area contributed by atoms with Crippen LogP contribution in [-0.2, 0) is 9.53 Å². The molecule has 70 valence electrons. The number of hydrogen-bond acceptors (Lipinski definition) is 3. The molecule has 0 spiro atoms. The second kappa shape index (κ2) is 4.45. The summed E-state index contributed by atoms with van der Waals surface area (Å²) in [5.74, 6) is 0.597. The summed E-state index contributed by atoms with van der Waals surface area (Å²) >= 11 is 0. The Kier molecular flexibility index (Phi) is 3.53. The van der Waals surface area contributed by atoms with Gasteiger partial charge in [0.05, 0.1) is 6.61 Å². The van der Waals surface area contributed by atoms with E-state index in [9.17, 15) is 4.79 Å². The van der Waals surface area contributed by atoms with E-state index in [0.29, 0.717) is 12.5 Å². The largest absolute Gasteiger partial charge is 0.465 e. The van der Waals surface area contributed by atoms with Gasteiger partial charge < -0.3 is 10.1 Å². The average Bonchev–Trinajstić information content (AvgIpc) is 2.06. The summed E-state index contributed by atoms with van der Waals surface area (Å²) in [5, 5.41) is 3.18. The zero-order valence-electron chi connectivity index (χ0n) is 7.80. The number of rotatable bonds is 2. The van der Waals surface area contributed by atoms with Crippen LogP contribution in [-0.4, -0.2) is 25.2 Å². The van der Waals surface area contributed by atoms with E-state index in [1.54, 1.807) is 0 Å². The van der Waals surface area contributed by atoms with Crippen molar-refractivity contribution in [2.45, 2.75) is 32.7 Å². The van der Waals surface area contributed by atoms with E-state index < -0.39 is 0 Å². The molecule has 1 N–H and O–H groups in total. The minimum Gasteiger partial charge on any atom is -0.465 e. The summed E-state index contributed by atoms with van der Waals surface area (Å²) in [6, 6.07) is -0.0545. The van der Waals surface area contributed by atoms with Crippen LogP contribution < -0.4 is 5.32 Å². The first-order chi connectivity index (χ1) is 5.74. The number of nitrogens with one attached hydrogen (secondary N) is 1. The van der Waals surface area contributed by atoms with E-state index >= 15 is 0 Å². The van der Waals surface area contributed by atoms with Crippen LogP contribution >= 0.6 is 0 Å². The number of carbonyl (C=O) groups excluding carboxylic acids is 1. The molecule has 1 heterocycles. The topological polar surface area (TPSA) is 38.3 Å². The Balaban J connectivity index is 2.29. The van der Waals surface area contributed by atoms with Crippen molar-refractivity contribution in [2.75, 3.05) is 13.2 Å². The lowest BCUT2D eigenvalue weighted by molar-refractivity contribution is -0.146. The van der Waals surface area contributed by atoms with Crippen molar-refractivity contribution in [3.8, 4) is 0 Å². The van der Waals surface area contributed by atoms with Gasteiger partial charge >= 0.3 is 5.97 Å². The fraction of sp³-hybridized carbons (Fsp3) is 0.889. The van der Waals surface area contributed by atoms with Crippen LogP contribution in [0.15, 0.2) is 0 Å². The average molecular weight is 171 g/mol. The van der Waals surface area contributed by atoms with Crippen LogP contribution in [0.3, 0.4) is 0 Å². The minimum absolute atomic E-state index is 0.0545.